The number of nitrogens with zero attached hydrogens (tertiary/aromatic N) is 5. The molecule has 15 heteroatoms. The molecule has 0 spiro atoms. The Morgan fingerprint density at radius 2 is 1.86 bits per heavy atom. The van der Waals surface area contributed by atoms with Crippen LogP contribution in [0.4, 0.5) is 10.7 Å². The minimum atomic E-state index is -0.557. The van der Waals surface area contributed by atoms with Gasteiger partial charge in [-0.3, -0.25) is 14.4 Å². The van der Waals surface area contributed by atoms with Crippen molar-refractivity contribution in [2.75, 3.05) is 65.0 Å². The molecule has 0 bridgehead atoms. The molecule has 3 aromatic rings. The Bertz CT molecular complexity index is 1700. The van der Waals surface area contributed by atoms with Gasteiger partial charge in [-0.05, 0) is 57.4 Å². The van der Waals surface area contributed by atoms with Gasteiger partial charge >= 0.3 is 6.09 Å². The second-order valence-electron chi connectivity index (χ2n) is 12.9. The molecule has 1 aliphatic rings. The molecule has 1 fully saturated rings. The average molecular weight is 700 g/mol. The van der Waals surface area contributed by atoms with Crippen LogP contribution in [-0.4, -0.2) is 103 Å². The maximum atomic E-state index is 13.1. The van der Waals surface area contributed by atoms with Crippen molar-refractivity contribution in [2.45, 2.75) is 45.6 Å². The van der Waals surface area contributed by atoms with E-state index in [9.17, 15) is 19.2 Å². The Morgan fingerprint density at radius 1 is 1.12 bits per heavy atom. The number of ether oxygens (including phenoxy) is 3. The number of aromatic nitrogens is 3. The van der Waals surface area contributed by atoms with Crippen LogP contribution >= 0.6 is 11.6 Å². The number of nitrogens with one attached hydrogen (secondary N) is 2. The van der Waals surface area contributed by atoms with Crippen LogP contribution in [0.5, 0.6) is 5.75 Å². The van der Waals surface area contributed by atoms with Gasteiger partial charge in [-0.15, -0.1) is 0 Å². The van der Waals surface area contributed by atoms with Crippen molar-refractivity contribution < 1.29 is 28.6 Å². The Morgan fingerprint density at radius 3 is 2.55 bits per heavy atom. The lowest BCUT2D eigenvalue weighted by Crippen LogP contribution is -2.42. The van der Waals surface area contributed by atoms with E-state index >= 15 is 0 Å². The predicted octanol–water partition coefficient (Wildman–Crippen LogP) is 2.91. The SMILES string of the molecule is CNC(=O)COc1cc2cc(Cc3nc(N4CCC(C(=O)N(C)CCOCCNC(=O)OC(C)(C)C)CC4)ncc3Cl)ccc2n(C)c1=O. The molecule has 14 nitrogen and oxygen atoms in total. The quantitative estimate of drug-likeness (QED) is 0.254. The van der Waals surface area contributed by atoms with E-state index in [0.29, 0.717) is 75.3 Å². The molecule has 0 unspecified atom stereocenters. The van der Waals surface area contributed by atoms with Crippen molar-refractivity contribution in [3.8, 4) is 5.75 Å². The third-order valence-electron chi connectivity index (χ3n) is 8.06. The molecule has 0 radical (unpaired) electrons. The van der Waals surface area contributed by atoms with E-state index in [1.807, 2.05) is 18.2 Å². The molecule has 4 rings (SSSR count). The van der Waals surface area contributed by atoms with E-state index in [1.165, 1.54) is 11.6 Å². The molecular weight excluding hydrogens is 654 g/mol. The number of carbonyl (C=O) groups excluding carboxylic acids is 3. The first kappa shape index (κ1) is 37.4. The number of hydrogen-bond acceptors (Lipinski definition) is 10. The van der Waals surface area contributed by atoms with Crippen LogP contribution in [-0.2, 0) is 32.5 Å². The van der Waals surface area contributed by atoms with E-state index in [-0.39, 0.29) is 35.6 Å². The van der Waals surface area contributed by atoms with Gasteiger partial charge in [-0.25, -0.2) is 14.8 Å². The minimum Gasteiger partial charge on any atom is -0.478 e. The highest BCUT2D eigenvalue weighted by Gasteiger charge is 2.28. The zero-order valence-corrected chi connectivity index (χ0v) is 29.8. The maximum Gasteiger partial charge on any atom is 0.407 e. The first-order valence-corrected chi connectivity index (χ1v) is 16.7. The van der Waals surface area contributed by atoms with Crippen LogP contribution in [0.3, 0.4) is 0 Å². The number of amides is 3. The number of benzene rings is 1. The summed E-state index contributed by atoms with van der Waals surface area (Å²) in [7, 11) is 4.93. The summed E-state index contributed by atoms with van der Waals surface area (Å²) >= 11 is 6.53. The highest BCUT2D eigenvalue weighted by atomic mass is 35.5. The number of likely N-dealkylation sites (N-methyl/N-ethyl adjacent to an activating group) is 2. The van der Waals surface area contributed by atoms with Crippen molar-refractivity contribution in [1.29, 1.82) is 0 Å². The smallest absolute Gasteiger partial charge is 0.407 e. The van der Waals surface area contributed by atoms with Crippen molar-refractivity contribution in [3.63, 3.8) is 0 Å². The Hall–Kier alpha value is -4.43. The van der Waals surface area contributed by atoms with Crippen molar-refractivity contribution in [3.05, 3.63) is 57.1 Å². The molecule has 1 saturated heterocycles. The molecular formula is C34H46ClN7O7. The highest BCUT2D eigenvalue weighted by molar-refractivity contribution is 6.31. The van der Waals surface area contributed by atoms with Gasteiger partial charge < -0.3 is 39.2 Å². The fraction of sp³-hybridized carbons (Fsp3) is 0.529. The summed E-state index contributed by atoms with van der Waals surface area (Å²) < 4.78 is 17.8. The summed E-state index contributed by atoms with van der Waals surface area (Å²) in [4.78, 5) is 62.2. The van der Waals surface area contributed by atoms with Crippen molar-refractivity contribution in [2.24, 2.45) is 13.0 Å². The molecule has 0 saturated carbocycles. The van der Waals surface area contributed by atoms with Crippen LogP contribution in [0.15, 0.2) is 35.3 Å². The van der Waals surface area contributed by atoms with Crippen LogP contribution in [0.25, 0.3) is 10.9 Å². The zero-order valence-electron chi connectivity index (χ0n) is 29.0. The number of halogens is 1. The summed E-state index contributed by atoms with van der Waals surface area (Å²) in [5.41, 5.74) is 1.41. The number of aryl methyl sites for hydroxylation is 1. The molecule has 1 aromatic carbocycles. The van der Waals surface area contributed by atoms with Gasteiger partial charge in [0.2, 0.25) is 11.9 Å². The summed E-state index contributed by atoms with van der Waals surface area (Å²) in [6.45, 7) is 7.85. The van der Waals surface area contributed by atoms with E-state index in [1.54, 1.807) is 52.0 Å². The topological polar surface area (TPSA) is 157 Å². The van der Waals surface area contributed by atoms with E-state index < -0.39 is 11.7 Å². The fourth-order valence-electron chi connectivity index (χ4n) is 5.38. The van der Waals surface area contributed by atoms with Crippen molar-refractivity contribution in [1.82, 2.24) is 30.1 Å². The van der Waals surface area contributed by atoms with Gasteiger partial charge in [-0.1, -0.05) is 17.7 Å². The molecule has 3 amide bonds. The van der Waals surface area contributed by atoms with Crippen LogP contribution in [0.1, 0.15) is 44.9 Å². The molecule has 2 aromatic heterocycles. The van der Waals surface area contributed by atoms with Crippen LogP contribution < -0.4 is 25.8 Å². The molecule has 3 heterocycles. The summed E-state index contributed by atoms with van der Waals surface area (Å²) in [5, 5.41) is 6.33. The number of fused-ring (bicyclic) bond motifs is 1. The lowest BCUT2D eigenvalue weighted by Gasteiger charge is -2.33. The normalized spacial score (nSPS) is 13.7. The monoisotopic (exact) mass is 699 g/mol. The molecule has 0 aliphatic carbocycles. The molecule has 1 aliphatic heterocycles. The predicted molar refractivity (Wildman–Crippen MR) is 186 cm³/mol. The fourth-order valence-corrected chi connectivity index (χ4v) is 5.54. The van der Waals surface area contributed by atoms with Crippen LogP contribution in [0, 0.1) is 5.92 Å². The number of carbonyl (C=O) groups is 3. The Balaban J connectivity index is 1.29. The highest BCUT2D eigenvalue weighted by Crippen LogP contribution is 2.26. The third kappa shape index (κ3) is 10.5. The number of piperidine rings is 1. The summed E-state index contributed by atoms with van der Waals surface area (Å²) in [6, 6.07) is 7.36. The van der Waals surface area contributed by atoms with Crippen molar-refractivity contribution >= 4 is 46.4 Å². The second kappa shape index (κ2) is 16.8. The largest absolute Gasteiger partial charge is 0.478 e. The number of anilines is 1. The zero-order chi connectivity index (χ0) is 35.7. The van der Waals surface area contributed by atoms with Gasteiger partial charge in [0, 0.05) is 65.0 Å². The van der Waals surface area contributed by atoms with Gasteiger partial charge in [0.1, 0.15) is 5.60 Å². The standard InChI is InChI=1S/C34H46ClN7O7/c1-34(2,3)49-33(46)37-11-15-47-16-14-40(5)30(44)23-9-12-42(13-10-23)32-38-20-25(35)26(39-32)18-22-7-8-27-24(17-22)19-28(31(45)41(27)6)48-21-29(43)36-4/h7-8,17,19-20,23H,9-16,18,21H2,1-6H3,(H,36,43)(H,37,46). The average Bonchev–Trinajstić information content (AvgIpc) is 3.06. The molecule has 266 valence electrons. The first-order chi connectivity index (χ1) is 23.3. The molecule has 0 atom stereocenters. The van der Waals surface area contributed by atoms with Crippen LogP contribution in [0.2, 0.25) is 5.02 Å². The van der Waals surface area contributed by atoms with E-state index in [4.69, 9.17) is 30.8 Å². The van der Waals surface area contributed by atoms with E-state index in [2.05, 4.69) is 20.5 Å². The molecule has 2 N–H and O–H groups in total. The van der Waals surface area contributed by atoms with Gasteiger partial charge in [0.25, 0.3) is 11.5 Å². The van der Waals surface area contributed by atoms with Gasteiger partial charge in [-0.2, -0.15) is 0 Å². The third-order valence-corrected chi connectivity index (χ3v) is 8.37. The van der Waals surface area contributed by atoms with E-state index in [0.717, 1.165) is 16.5 Å². The summed E-state index contributed by atoms with van der Waals surface area (Å²) in [6.07, 6.45) is 2.87. The lowest BCUT2D eigenvalue weighted by atomic mass is 9.95. The maximum absolute atomic E-state index is 13.1. The number of pyridine rings is 1. The number of hydrogen-bond donors (Lipinski definition) is 2. The number of alkyl carbamates (subject to hydrolysis) is 1. The Kier molecular flexibility index (Phi) is 12.8. The van der Waals surface area contributed by atoms with Gasteiger partial charge in [0.15, 0.2) is 12.4 Å². The minimum absolute atomic E-state index is 0.0730. The number of rotatable bonds is 13. The first-order valence-electron chi connectivity index (χ1n) is 16.3. The second-order valence-corrected chi connectivity index (χ2v) is 13.3. The summed E-state index contributed by atoms with van der Waals surface area (Å²) in [5.74, 6) is 0.270. The molecule has 49 heavy (non-hydrogen) atoms. The van der Waals surface area contributed by atoms with Gasteiger partial charge in [0.05, 0.1) is 35.6 Å². The lowest BCUT2D eigenvalue weighted by molar-refractivity contribution is -0.135. The Labute approximate surface area is 291 Å².